The van der Waals surface area contributed by atoms with Crippen LogP contribution >= 0.6 is 11.8 Å². The molecule has 0 bridgehead atoms. The highest BCUT2D eigenvalue weighted by atomic mass is 32.2. The van der Waals surface area contributed by atoms with E-state index >= 15 is 0 Å². The van der Waals surface area contributed by atoms with Crippen LogP contribution in [0.15, 0.2) is 58.5 Å². The number of pyridine rings is 2. The van der Waals surface area contributed by atoms with Gasteiger partial charge < -0.3 is 9.84 Å². The summed E-state index contributed by atoms with van der Waals surface area (Å²) in [5, 5.41) is 7.51. The van der Waals surface area contributed by atoms with Crippen molar-refractivity contribution in [3.05, 3.63) is 71.5 Å². The molecule has 0 spiro atoms. The van der Waals surface area contributed by atoms with Crippen LogP contribution in [-0.2, 0) is 12.3 Å². The van der Waals surface area contributed by atoms with Crippen LogP contribution in [0.2, 0.25) is 0 Å². The lowest BCUT2D eigenvalue weighted by atomic mass is 10.2. The lowest BCUT2D eigenvalue weighted by Crippen LogP contribution is -2.23. The summed E-state index contributed by atoms with van der Waals surface area (Å²) in [5.74, 6) is 1.20. The summed E-state index contributed by atoms with van der Waals surface area (Å²) in [5.41, 5.74) is 2.32. The number of aromatic nitrogens is 3. The third kappa shape index (κ3) is 4.20. The number of thioether (sulfide) groups is 1. The zero-order valence-corrected chi connectivity index (χ0v) is 13.9. The number of hydrogen-bond acceptors (Lipinski definition) is 6. The highest BCUT2D eigenvalue weighted by molar-refractivity contribution is 7.98. The summed E-state index contributed by atoms with van der Waals surface area (Å²) < 4.78 is 5.05. The van der Waals surface area contributed by atoms with E-state index < -0.39 is 0 Å². The molecule has 0 aliphatic carbocycles. The van der Waals surface area contributed by atoms with Gasteiger partial charge in [0.2, 0.25) is 0 Å². The zero-order chi connectivity index (χ0) is 16.8. The van der Waals surface area contributed by atoms with Crippen LogP contribution in [0.25, 0.3) is 0 Å². The molecular formula is C17H16N4O2S. The van der Waals surface area contributed by atoms with Crippen molar-refractivity contribution in [2.45, 2.75) is 24.2 Å². The van der Waals surface area contributed by atoms with Crippen LogP contribution in [0.5, 0.6) is 0 Å². The third-order valence-electron chi connectivity index (χ3n) is 3.23. The molecule has 0 saturated carbocycles. The van der Waals surface area contributed by atoms with Crippen molar-refractivity contribution in [3.8, 4) is 0 Å². The van der Waals surface area contributed by atoms with Crippen molar-refractivity contribution in [2.24, 2.45) is 0 Å². The molecule has 0 atom stereocenters. The molecule has 1 amide bonds. The predicted octanol–water partition coefficient (Wildman–Crippen LogP) is 3.00. The van der Waals surface area contributed by atoms with E-state index in [1.807, 2.05) is 25.1 Å². The molecule has 3 aromatic heterocycles. The molecule has 3 rings (SSSR count). The van der Waals surface area contributed by atoms with Gasteiger partial charge in [-0.25, -0.2) is 4.98 Å². The van der Waals surface area contributed by atoms with E-state index in [1.54, 1.807) is 30.7 Å². The second kappa shape index (κ2) is 7.74. The second-order valence-corrected chi connectivity index (χ2v) is 6.08. The van der Waals surface area contributed by atoms with Gasteiger partial charge in [0.05, 0.1) is 11.3 Å². The Kier molecular flexibility index (Phi) is 5.22. The molecule has 0 fully saturated rings. The first-order valence-corrected chi connectivity index (χ1v) is 8.38. The summed E-state index contributed by atoms with van der Waals surface area (Å²) in [6.07, 6.45) is 5.10. The predicted molar refractivity (Wildman–Crippen MR) is 90.4 cm³/mol. The molecule has 6 nitrogen and oxygen atoms in total. The number of amides is 1. The SMILES string of the molecule is Cc1cc(CSc2ncccc2C(=O)NCc2cccnc2)no1. The number of nitrogens with one attached hydrogen (secondary N) is 1. The Morgan fingerprint density at radius 2 is 2.17 bits per heavy atom. The van der Waals surface area contributed by atoms with Crippen LogP contribution in [0.3, 0.4) is 0 Å². The molecule has 1 N–H and O–H groups in total. The molecule has 122 valence electrons. The summed E-state index contributed by atoms with van der Waals surface area (Å²) in [7, 11) is 0. The van der Waals surface area contributed by atoms with Crippen LogP contribution in [0, 0.1) is 6.92 Å². The molecule has 24 heavy (non-hydrogen) atoms. The van der Waals surface area contributed by atoms with Gasteiger partial charge in [0, 0.05) is 37.0 Å². The van der Waals surface area contributed by atoms with E-state index in [1.165, 1.54) is 11.8 Å². The number of hydrogen-bond donors (Lipinski definition) is 1. The fourth-order valence-electron chi connectivity index (χ4n) is 2.09. The fourth-order valence-corrected chi connectivity index (χ4v) is 2.96. The minimum Gasteiger partial charge on any atom is -0.361 e. The van der Waals surface area contributed by atoms with Gasteiger partial charge in [-0.3, -0.25) is 9.78 Å². The normalized spacial score (nSPS) is 10.5. The average molecular weight is 340 g/mol. The van der Waals surface area contributed by atoms with Gasteiger partial charge in [-0.1, -0.05) is 23.0 Å². The number of rotatable bonds is 6. The minimum absolute atomic E-state index is 0.161. The molecule has 0 saturated heterocycles. The maximum absolute atomic E-state index is 12.4. The quantitative estimate of drug-likeness (QED) is 0.695. The molecule has 7 heteroatoms. The molecule has 0 aromatic carbocycles. The van der Waals surface area contributed by atoms with Crippen molar-refractivity contribution in [2.75, 3.05) is 0 Å². The van der Waals surface area contributed by atoms with Crippen LogP contribution in [0.1, 0.15) is 27.4 Å². The lowest BCUT2D eigenvalue weighted by molar-refractivity contribution is 0.0947. The van der Waals surface area contributed by atoms with Gasteiger partial charge in [0.1, 0.15) is 10.8 Å². The summed E-state index contributed by atoms with van der Waals surface area (Å²) >= 11 is 1.46. The summed E-state index contributed by atoms with van der Waals surface area (Å²) in [6.45, 7) is 2.27. The van der Waals surface area contributed by atoms with Gasteiger partial charge in [0.15, 0.2) is 0 Å². The minimum atomic E-state index is -0.161. The monoisotopic (exact) mass is 340 g/mol. The van der Waals surface area contributed by atoms with E-state index in [-0.39, 0.29) is 5.91 Å². The van der Waals surface area contributed by atoms with Gasteiger partial charge in [-0.2, -0.15) is 0 Å². The molecule has 3 heterocycles. The lowest BCUT2D eigenvalue weighted by Gasteiger charge is -2.08. The molecule has 0 aliphatic rings. The third-order valence-corrected chi connectivity index (χ3v) is 4.26. The summed E-state index contributed by atoms with van der Waals surface area (Å²) in [6, 6.07) is 9.15. The van der Waals surface area contributed by atoms with Crippen molar-refractivity contribution in [3.63, 3.8) is 0 Å². The second-order valence-electron chi connectivity index (χ2n) is 5.12. The Labute approximate surface area is 143 Å². The number of nitrogens with zero attached hydrogens (tertiary/aromatic N) is 3. The Balaban J connectivity index is 1.65. The van der Waals surface area contributed by atoms with Crippen molar-refractivity contribution < 1.29 is 9.32 Å². The van der Waals surface area contributed by atoms with Gasteiger partial charge >= 0.3 is 0 Å². The van der Waals surface area contributed by atoms with E-state index in [0.717, 1.165) is 17.0 Å². The first-order chi connectivity index (χ1) is 11.7. The first kappa shape index (κ1) is 16.2. The maximum Gasteiger partial charge on any atom is 0.254 e. The topological polar surface area (TPSA) is 80.9 Å². The molecule has 0 aliphatic heterocycles. The van der Waals surface area contributed by atoms with E-state index in [4.69, 9.17) is 4.52 Å². The number of aryl methyl sites for hydroxylation is 1. The molecule has 0 unspecified atom stereocenters. The molecule has 3 aromatic rings. The Bertz CT molecular complexity index is 820. The Morgan fingerprint density at radius 3 is 2.92 bits per heavy atom. The number of carbonyl (C=O) groups is 1. The Hall–Kier alpha value is -2.67. The van der Waals surface area contributed by atoms with Gasteiger partial charge in [-0.05, 0) is 30.7 Å². The standard InChI is InChI=1S/C17H16N4O2S/c1-12-8-14(21-23-12)11-24-17-15(5-3-7-19-17)16(22)20-10-13-4-2-6-18-9-13/h2-9H,10-11H2,1H3,(H,20,22). The van der Waals surface area contributed by atoms with Gasteiger partial charge in [0.25, 0.3) is 5.91 Å². The zero-order valence-electron chi connectivity index (χ0n) is 13.1. The number of carbonyl (C=O) groups excluding carboxylic acids is 1. The molecular weight excluding hydrogens is 324 g/mol. The fraction of sp³-hybridized carbons (Fsp3) is 0.176. The van der Waals surface area contributed by atoms with E-state index in [0.29, 0.717) is 22.9 Å². The first-order valence-electron chi connectivity index (χ1n) is 7.39. The van der Waals surface area contributed by atoms with Crippen LogP contribution in [0.4, 0.5) is 0 Å². The maximum atomic E-state index is 12.4. The highest BCUT2D eigenvalue weighted by Gasteiger charge is 2.13. The average Bonchev–Trinajstić information content (AvgIpc) is 3.04. The van der Waals surface area contributed by atoms with Crippen LogP contribution < -0.4 is 5.32 Å². The smallest absolute Gasteiger partial charge is 0.254 e. The largest absolute Gasteiger partial charge is 0.361 e. The highest BCUT2D eigenvalue weighted by Crippen LogP contribution is 2.24. The summed E-state index contributed by atoms with van der Waals surface area (Å²) in [4.78, 5) is 20.8. The van der Waals surface area contributed by atoms with E-state index in [2.05, 4.69) is 20.4 Å². The van der Waals surface area contributed by atoms with Crippen molar-refractivity contribution >= 4 is 17.7 Å². The van der Waals surface area contributed by atoms with Gasteiger partial charge in [-0.15, -0.1) is 0 Å². The van der Waals surface area contributed by atoms with E-state index in [9.17, 15) is 4.79 Å². The molecule has 0 radical (unpaired) electrons. The Morgan fingerprint density at radius 1 is 1.29 bits per heavy atom. The van der Waals surface area contributed by atoms with Crippen LogP contribution in [-0.4, -0.2) is 21.0 Å². The van der Waals surface area contributed by atoms with Crippen molar-refractivity contribution in [1.29, 1.82) is 0 Å². The van der Waals surface area contributed by atoms with Crippen molar-refractivity contribution in [1.82, 2.24) is 20.4 Å².